The summed E-state index contributed by atoms with van der Waals surface area (Å²) in [5.41, 5.74) is 4.97. The van der Waals surface area contributed by atoms with Crippen molar-refractivity contribution in [2.24, 2.45) is 21.6 Å². The van der Waals surface area contributed by atoms with Gasteiger partial charge in [0, 0.05) is 17.0 Å². The lowest BCUT2D eigenvalue weighted by atomic mass is 9.75. The molecule has 2 aromatic carbocycles. The highest BCUT2D eigenvalue weighted by molar-refractivity contribution is 6.32. The Balaban J connectivity index is 1.45. The summed E-state index contributed by atoms with van der Waals surface area (Å²) < 4.78 is 63.1. The number of amides is 1. The van der Waals surface area contributed by atoms with E-state index in [9.17, 15) is 22.4 Å². The first kappa shape index (κ1) is 38.1. The van der Waals surface area contributed by atoms with E-state index in [4.69, 9.17) is 27.1 Å². The van der Waals surface area contributed by atoms with Gasteiger partial charge in [-0.15, -0.1) is 0 Å². The van der Waals surface area contributed by atoms with E-state index in [-0.39, 0.29) is 47.4 Å². The zero-order valence-corrected chi connectivity index (χ0v) is 31.1. The quantitative estimate of drug-likeness (QED) is 0.114. The van der Waals surface area contributed by atoms with Gasteiger partial charge in [-0.25, -0.2) is 32.2 Å². The maximum Gasteiger partial charge on any atom is 0.306 e. The number of alkyl halides is 4. The van der Waals surface area contributed by atoms with E-state index in [1.807, 2.05) is 58.9 Å². The molecule has 1 aliphatic carbocycles. The van der Waals surface area contributed by atoms with Gasteiger partial charge in [0.05, 0.1) is 28.9 Å². The number of benzene rings is 2. The third-order valence-corrected chi connectivity index (χ3v) is 10.4. The number of nitrogens with two attached hydrogens (primary N) is 1. The van der Waals surface area contributed by atoms with E-state index in [0.717, 1.165) is 34.4 Å². The van der Waals surface area contributed by atoms with Crippen LogP contribution in [0.3, 0.4) is 0 Å². The lowest BCUT2D eigenvalue weighted by molar-refractivity contribution is -0.153. The number of esters is 1. The van der Waals surface area contributed by atoms with Crippen molar-refractivity contribution in [1.29, 1.82) is 0 Å². The number of pyridine rings is 1. The Morgan fingerprint density at radius 1 is 1.06 bits per heavy atom. The maximum absolute atomic E-state index is 15.1. The Bertz CT molecular complexity index is 2090. The van der Waals surface area contributed by atoms with E-state index >= 15 is 4.79 Å². The highest BCUT2D eigenvalue weighted by Gasteiger charge is 2.60. The van der Waals surface area contributed by atoms with Crippen LogP contribution in [0.2, 0.25) is 5.02 Å². The number of hydrogen-bond donors (Lipinski definition) is 1. The average molecular weight is 756 g/mol. The molecule has 1 saturated carbocycles. The fraction of sp³-hybridized carbons (Fsp3) is 0.474. The van der Waals surface area contributed by atoms with Crippen LogP contribution in [0, 0.1) is 10.8 Å². The second-order valence-corrected chi connectivity index (χ2v) is 16.0. The van der Waals surface area contributed by atoms with Crippen LogP contribution in [0.15, 0.2) is 60.0 Å². The minimum Gasteiger partial charge on any atom is -0.463 e. The molecule has 282 valence electrons. The number of aliphatic imine (C=N–C) groups is 1. The predicted molar refractivity (Wildman–Crippen MR) is 192 cm³/mol. The SMILES string of the molecule is CC(C)c1nccc2cc([C@@]3(CC(C)(C)C)N=C(N)N([C@H](COC(=O)CC4(C(C)(F)F)CC4)c4ccc(Cl)c(-n5ncnc5C(F)F)c4)C3=O)ccc12. The molecule has 0 unspecified atom stereocenters. The van der Waals surface area contributed by atoms with Crippen LogP contribution >= 0.6 is 11.6 Å². The van der Waals surface area contributed by atoms with Crippen molar-refractivity contribution >= 4 is 40.2 Å². The minimum atomic E-state index is -3.10. The summed E-state index contributed by atoms with van der Waals surface area (Å²) in [5.74, 6) is -5.21. The molecule has 1 amide bonds. The Hall–Kier alpha value is -4.59. The van der Waals surface area contributed by atoms with Gasteiger partial charge in [0.25, 0.3) is 18.3 Å². The van der Waals surface area contributed by atoms with Crippen LogP contribution in [-0.2, 0) is 19.9 Å². The third kappa shape index (κ3) is 7.21. The van der Waals surface area contributed by atoms with Crippen molar-refractivity contribution in [1.82, 2.24) is 24.6 Å². The topological polar surface area (TPSA) is 129 Å². The summed E-state index contributed by atoms with van der Waals surface area (Å²) >= 11 is 6.49. The summed E-state index contributed by atoms with van der Waals surface area (Å²) in [7, 11) is 0. The Kier molecular flexibility index (Phi) is 9.84. The number of aromatic nitrogens is 4. The van der Waals surface area contributed by atoms with Crippen LogP contribution in [0.1, 0.15) is 108 Å². The van der Waals surface area contributed by atoms with Crippen LogP contribution in [-0.4, -0.2) is 55.0 Å². The molecule has 53 heavy (non-hydrogen) atoms. The molecule has 2 aromatic heterocycles. The molecule has 2 aliphatic rings. The van der Waals surface area contributed by atoms with Gasteiger partial charge < -0.3 is 10.5 Å². The summed E-state index contributed by atoms with van der Waals surface area (Å²) in [4.78, 5) is 42.6. The van der Waals surface area contributed by atoms with Crippen LogP contribution < -0.4 is 5.73 Å². The van der Waals surface area contributed by atoms with Crippen molar-refractivity contribution in [3.63, 3.8) is 0 Å². The van der Waals surface area contributed by atoms with Crippen molar-refractivity contribution in [2.45, 2.75) is 97.1 Å². The van der Waals surface area contributed by atoms with Crippen molar-refractivity contribution in [3.05, 3.63) is 82.7 Å². The molecule has 0 bridgehead atoms. The number of hydrogen-bond acceptors (Lipinski definition) is 8. The van der Waals surface area contributed by atoms with Crippen LogP contribution in [0.25, 0.3) is 16.5 Å². The predicted octanol–water partition coefficient (Wildman–Crippen LogP) is 8.43. The van der Waals surface area contributed by atoms with E-state index in [1.165, 1.54) is 23.1 Å². The molecule has 0 radical (unpaired) electrons. The van der Waals surface area contributed by atoms with Gasteiger partial charge in [-0.1, -0.05) is 64.4 Å². The standard InChI is InChI=1S/C38H42ClF4N7O3/c1-21(2)30-25-9-8-24(15-22(25)11-14-45-30)38(19-35(3,4)5)33(52)49(34(44)48-38)28(18-53-29(51)17-37(12-13-37)36(6,42)43)23-7-10-26(39)27(16-23)50-32(31(40)41)46-20-47-50/h7-11,14-16,20-21,28,31H,12-13,17-19H2,1-6H3,(H2,44,48)/t28-,38-/m1/s1. The largest absolute Gasteiger partial charge is 0.463 e. The first-order chi connectivity index (χ1) is 24.8. The monoisotopic (exact) mass is 755 g/mol. The second-order valence-electron chi connectivity index (χ2n) is 15.6. The molecule has 2 atom stereocenters. The Labute approximate surface area is 309 Å². The molecule has 2 N–H and O–H groups in total. The second kappa shape index (κ2) is 13.7. The van der Waals surface area contributed by atoms with Gasteiger partial charge in [-0.3, -0.25) is 19.5 Å². The Morgan fingerprint density at radius 2 is 1.77 bits per heavy atom. The number of carbonyl (C=O) groups excluding carboxylic acids is 2. The summed E-state index contributed by atoms with van der Waals surface area (Å²) in [6.45, 7) is 10.3. The van der Waals surface area contributed by atoms with Crippen molar-refractivity contribution in [3.8, 4) is 5.69 Å². The molecule has 3 heterocycles. The number of nitrogens with zero attached hydrogens (tertiary/aromatic N) is 6. The van der Waals surface area contributed by atoms with Gasteiger partial charge in [0.1, 0.15) is 12.9 Å². The normalized spacial score (nSPS) is 19.3. The van der Waals surface area contributed by atoms with Crippen LogP contribution in [0.5, 0.6) is 0 Å². The Morgan fingerprint density at radius 3 is 2.40 bits per heavy atom. The molecule has 1 fully saturated rings. The van der Waals surface area contributed by atoms with Crippen molar-refractivity contribution < 1.29 is 31.9 Å². The van der Waals surface area contributed by atoms with E-state index in [1.54, 1.807) is 6.20 Å². The van der Waals surface area contributed by atoms with E-state index in [2.05, 4.69) is 15.1 Å². The lowest BCUT2D eigenvalue weighted by Gasteiger charge is -2.35. The zero-order valence-electron chi connectivity index (χ0n) is 30.3. The molecular weight excluding hydrogens is 714 g/mol. The van der Waals surface area contributed by atoms with Gasteiger partial charge in [0.15, 0.2) is 17.3 Å². The first-order valence-corrected chi connectivity index (χ1v) is 17.7. The fourth-order valence-electron chi connectivity index (χ4n) is 7.22. The molecule has 6 rings (SSSR count). The minimum absolute atomic E-state index is 0.0167. The molecule has 0 saturated heterocycles. The number of carbonyl (C=O) groups is 2. The van der Waals surface area contributed by atoms with E-state index < -0.39 is 65.5 Å². The van der Waals surface area contributed by atoms with Gasteiger partial charge >= 0.3 is 5.97 Å². The average Bonchev–Trinajstić information content (AvgIpc) is 3.62. The fourth-order valence-corrected chi connectivity index (χ4v) is 7.42. The molecule has 15 heteroatoms. The summed E-state index contributed by atoms with van der Waals surface area (Å²) in [6, 6.07) is 10.7. The number of halogens is 5. The molecule has 0 spiro atoms. The number of rotatable bonds is 12. The molecule has 4 aromatic rings. The highest BCUT2D eigenvalue weighted by atomic mass is 35.5. The smallest absolute Gasteiger partial charge is 0.306 e. The highest BCUT2D eigenvalue weighted by Crippen LogP contribution is 2.59. The van der Waals surface area contributed by atoms with Gasteiger partial charge in [-0.2, -0.15) is 5.10 Å². The lowest BCUT2D eigenvalue weighted by Crippen LogP contribution is -2.47. The molecule has 10 nitrogen and oxygen atoms in total. The zero-order chi connectivity index (χ0) is 38.7. The number of guanidine groups is 1. The van der Waals surface area contributed by atoms with Gasteiger partial charge in [-0.05, 0) is 78.3 Å². The maximum atomic E-state index is 15.1. The number of ether oxygens (including phenoxy) is 1. The third-order valence-electron chi connectivity index (χ3n) is 10.1. The summed E-state index contributed by atoms with van der Waals surface area (Å²) in [6.07, 6.45) is -0.278. The molecular formula is C38H42ClF4N7O3. The van der Waals surface area contributed by atoms with Crippen LogP contribution in [0.4, 0.5) is 17.6 Å². The van der Waals surface area contributed by atoms with Crippen molar-refractivity contribution in [2.75, 3.05) is 6.61 Å². The number of fused-ring (bicyclic) bond motifs is 1. The van der Waals surface area contributed by atoms with E-state index in [0.29, 0.717) is 5.56 Å². The summed E-state index contributed by atoms with van der Waals surface area (Å²) in [5, 5.41) is 5.76. The van der Waals surface area contributed by atoms with Gasteiger partial charge in [0.2, 0.25) is 0 Å². The molecule has 1 aliphatic heterocycles. The first-order valence-electron chi connectivity index (χ1n) is 17.4.